The van der Waals surface area contributed by atoms with Gasteiger partial charge in [0.2, 0.25) is 0 Å². The smallest absolute Gasteiger partial charge is 0.303 e. The fraction of sp³-hybridized carbons (Fsp3) is 0.467. The maximum absolute atomic E-state index is 11.9. The van der Waals surface area contributed by atoms with Crippen molar-refractivity contribution in [1.29, 1.82) is 0 Å². The Morgan fingerprint density at radius 1 is 1.05 bits per heavy atom. The molecule has 0 saturated carbocycles. The van der Waals surface area contributed by atoms with Crippen molar-refractivity contribution in [1.82, 2.24) is 0 Å². The lowest BCUT2D eigenvalue weighted by molar-refractivity contribution is -0.550. The van der Waals surface area contributed by atoms with Crippen LogP contribution in [0.3, 0.4) is 0 Å². The molecule has 12 heteroatoms. The number of benzene rings is 1. The molecule has 2 heterocycles. The predicted molar refractivity (Wildman–Crippen MR) is 161 cm³/mol. The molecule has 0 aromatic heterocycles. The zero-order valence-electron chi connectivity index (χ0n) is 24.5. The summed E-state index contributed by atoms with van der Waals surface area (Å²) < 4.78 is 68.9. The summed E-state index contributed by atoms with van der Waals surface area (Å²) in [5, 5.41) is 8.97. The lowest BCUT2D eigenvalue weighted by Crippen LogP contribution is -2.32. The average Bonchev–Trinajstić information content (AvgIpc) is 3.21. The number of hydrogen-bond acceptors (Lipinski definition) is 6. The van der Waals surface area contributed by atoms with Gasteiger partial charge in [0.05, 0.1) is 21.1 Å². The molecule has 10 nitrogen and oxygen atoms in total. The molecule has 0 spiro atoms. The molecule has 0 bridgehead atoms. The summed E-state index contributed by atoms with van der Waals surface area (Å²) >= 11 is 0. The van der Waals surface area contributed by atoms with Crippen molar-refractivity contribution in [2.45, 2.75) is 69.7 Å². The van der Waals surface area contributed by atoms with Crippen LogP contribution in [0.5, 0.6) is 0 Å². The second kappa shape index (κ2) is 11.2. The fourth-order valence-electron chi connectivity index (χ4n) is 6.47. The van der Waals surface area contributed by atoms with Crippen LogP contribution in [-0.2, 0) is 30.4 Å². The molecule has 3 aliphatic rings. The molecule has 42 heavy (non-hydrogen) atoms. The second-order valence-electron chi connectivity index (χ2n) is 12.2. The largest absolute Gasteiger partial charge is 0.481 e. The zero-order chi connectivity index (χ0) is 31.3. The highest BCUT2D eigenvalue weighted by molar-refractivity contribution is 7.90. The molecule has 228 valence electrons. The van der Waals surface area contributed by atoms with Gasteiger partial charge in [0, 0.05) is 42.8 Å². The summed E-state index contributed by atoms with van der Waals surface area (Å²) in [5.41, 5.74) is 2.46. The van der Waals surface area contributed by atoms with Crippen molar-refractivity contribution in [3.8, 4) is 0 Å². The minimum absolute atomic E-state index is 0.110. The van der Waals surface area contributed by atoms with E-state index in [1.165, 1.54) is 18.2 Å². The molecule has 0 amide bonds. The van der Waals surface area contributed by atoms with Crippen molar-refractivity contribution >= 4 is 37.6 Å². The Labute approximate surface area is 247 Å². The van der Waals surface area contributed by atoms with Crippen LogP contribution in [0.25, 0.3) is 0 Å². The van der Waals surface area contributed by atoms with Crippen LogP contribution in [-0.4, -0.2) is 66.9 Å². The minimum atomic E-state index is -4.36. The van der Waals surface area contributed by atoms with Gasteiger partial charge in [0.1, 0.15) is 6.54 Å². The number of anilines is 1. The van der Waals surface area contributed by atoms with E-state index in [1.54, 1.807) is 12.1 Å². The second-order valence-corrected chi connectivity index (χ2v) is 15.0. The Morgan fingerprint density at radius 2 is 1.74 bits per heavy atom. The molecule has 3 N–H and O–H groups in total. The van der Waals surface area contributed by atoms with Gasteiger partial charge in [-0.15, -0.1) is 0 Å². The first-order chi connectivity index (χ1) is 19.4. The Balaban J connectivity index is 1.70. The molecule has 1 aliphatic carbocycles. The summed E-state index contributed by atoms with van der Waals surface area (Å²) in [5.74, 6) is -1.05. The molecule has 2 unspecified atom stereocenters. The van der Waals surface area contributed by atoms with E-state index in [-0.39, 0.29) is 28.2 Å². The SMILES string of the molecule is CN1C(=CC=CC2=[N+](CCCCCC(=O)O)C3C=CC(S(=O)(=O)O)=CC3C2(C)C)C(C)(C)c2cc(S(=O)(=O)O)ccc21. The van der Waals surface area contributed by atoms with Gasteiger partial charge in [-0.25, -0.2) is 4.58 Å². The molecule has 1 aromatic rings. The van der Waals surface area contributed by atoms with Gasteiger partial charge < -0.3 is 10.0 Å². The molecule has 0 radical (unpaired) electrons. The standard InChI is InChI=1S/C30H38N2O8S2/c1-29(2)22-18-20(41(35,36)37)13-15-24(22)31(5)26(29)10-9-11-27-30(3,4)23-19-21(42(38,39)40)14-16-25(23)32(27)17-8-6-7-12-28(33)34/h9-11,13-16,18-19,23,25H,6-8,12,17H2,1-5H3,(H2-,33,34,35,36,37,38,39,40)/p+1. The number of unbranched alkanes of at least 4 members (excludes halogenated alkanes) is 2. The maximum atomic E-state index is 11.9. The third-order valence-corrected chi connectivity index (χ3v) is 10.4. The molecular formula is C30H39N2O8S2+. The summed E-state index contributed by atoms with van der Waals surface area (Å²) in [7, 11) is -6.81. The molecule has 0 fully saturated rings. The van der Waals surface area contributed by atoms with Crippen molar-refractivity contribution in [3.05, 3.63) is 70.8 Å². The van der Waals surface area contributed by atoms with Gasteiger partial charge in [-0.3, -0.25) is 13.9 Å². The number of carbonyl (C=O) groups is 1. The van der Waals surface area contributed by atoms with Gasteiger partial charge in [-0.1, -0.05) is 26.0 Å². The highest BCUT2D eigenvalue weighted by Gasteiger charge is 2.53. The van der Waals surface area contributed by atoms with Crippen LogP contribution in [0.1, 0.15) is 58.9 Å². The van der Waals surface area contributed by atoms with E-state index >= 15 is 0 Å². The van der Waals surface area contributed by atoms with Crippen molar-refractivity contribution < 1.29 is 40.4 Å². The van der Waals surface area contributed by atoms with Crippen LogP contribution >= 0.6 is 0 Å². The number of allylic oxidation sites excluding steroid dienone is 5. The number of hydrogen-bond donors (Lipinski definition) is 3. The van der Waals surface area contributed by atoms with Crippen LogP contribution in [0.2, 0.25) is 0 Å². The number of rotatable bonds is 10. The normalized spacial score (nSPS) is 23.9. The average molecular weight is 620 g/mol. The topological polar surface area (TPSA) is 152 Å². The molecule has 1 aromatic carbocycles. The van der Waals surface area contributed by atoms with Gasteiger partial charge in [-0.05, 0) is 68.7 Å². The summed E-state index contributed by atoms with van der Waals surface area (Å²) in [6, 6.07) is 4.44. The first-order valence-corrected chi connectivity index (χ1v) is 16.7. The number of likely N-dealkylation sites (N-methyl/N-ethyl adjacent to an activating group) is 1. The van der Waals surface area contributed by atoms with Gasteiger partial charge in [-0.2, -0.15) is 16.8 Å². The lowest BCUT2D eigenvalue weighted by atomic mass is 9.73. The molecule has 4 rings (SSSR count). The Hall–Kier alpha value is -3.06. The molecular weight excluding hydrogens is 580 g/mol. The highest BCUT2D eigenvalue weighted by Crippen LogP contribution is 2.48. The minimum Gasteiger partial charge on any atom is -0.481 e. The van der Waals surface area contributed by atoms with E-state index in [9.17, 15) is 30.7 Å². The number of nitrogens with zero attached hydrogens (tertiary/aromatic N) is 2. The monoisotopic (exact) mass is 619 g/mol. The number of fused-ring (bicyclic) bond motifs is 2. The Morgan fingerprint density at radius 3 is 2.36 bits per heavy atom. The third-order valence-electron chi connectivity index (χ3n) is 8.73. The quantitative estimate of drug-likeness (QED) is 0.194. The van der Waals surface area contributed by atoms with Crippen molar-refractivity contribution in [2.75, 3.05) is 18.5 Å². The van der Waals surface area contributed by atoms with Crippen LogP contribution in [0.15, 0.2) is 70.2 Å². The lowest BCUT2D eigenvalue weighted by Gasteiger charge is -2.25. The van der Waals surface area contributed by atoms with E-state index in [4.69, 9.17) is 5.11 Å². The Kier molecular flexibility index (Phi) is 8.51. The fourth-order valence-corrected chi connectivity index (χ4v) is 7.55. The van der Waals surface area contributed by atoms with E-state index in [0.29, 0.717) is 13.0 Å². The third kappa shape index (κ3) is 6.03. The molecule has 0 saturated heterocycles. The van der Waals surface area contributed by atoms with E-state index < -0.39 is 37.0 Å². The summed E-state index contributed by atoms with van der Waals surface area (Å²) in [6.07, 6.45) is 13.0. The van der Waals surface area contributed by atoms with Gasteiger partial charge in [0.25, 0.3) is 20.2 Å². The van der Waals surface area contributed by atoms with E-state index in [0.717, 1.165) is 35.5 Å². The highest BCUT2D eigenvalue weighted by atomic mass is 32.2. The zero-order valence-corrected chi connectivity index (χ0v) is 26.1. The van der Waals surface area contributed by atoms with Crippen LogP contribution in [0, 0.1) is 11.3 Å². The Bertz CT molecular complexity index is 1660. The number of aliphatic carboxylic acids is 1. The van der Waals surface area contributed by atoms with E-state index in [1.807, 2.05) is 63.9 Å². The van der Waals surface area contributed by atoms with Gasteiger partial charge in [0.15, 0.2) is 11.8 Å². The maximum Gasteiger partial charge on any atom is 0.303 e. The molecule has 2 aliphatic heterocycles. The number of carboxylic acid groups (broad SMARTS) is 1. The van der Waals surface area contributed by atoms with Crippen molar-refractivity contribution in [2.24, 2.45) is 11.3 Å². The summed E-state index contributed by atoms with van der Waals surface area (Å²) in [4.78, 5) is 12.6. The number of carboxylic acids is 1. The van der Waals surface area contributed by atoms with Crippen molar-refractivity contribution in [3.63, 3.8) is 0 Å². The van der Waals surface area contributed by atoms with Gasteiger partial charge >= 0.3 is 5.97 Å². The van der Waals surface area contributed by atoms with Crippen LogP contribution in [0.4, 0.5) is 5.69 Å². The predicted octanol–water partition coefficient (Wildman–Crippen LogP) is 4.57. The van der Waals surface area contributed by atoms with Crippen LogP contribution < -0.4 is 4.90 Å². The first kappa shape index (κ1) is 31.9. The molecule has 2 atom stereocenters. The first-order valence-electron chi connectivity index (χ1n) is 13.8. The summed E-state index contributed by atoms with van der Waals surface area (Å²) in [6.45, 7) is 8.70. The van der Waals surface area contributed by atoms with E-state index in [2.05, 4.69) is 4.58 Å².